The summed E-state index contributed by atoms with van der Waals surface area (Å²) in [6.45, 7) is 0.593. The Labute approximate surface area is 180 Å². The SMILES string of the molecule is COc1ccc([C@H]2CCCN2C(=O)C[C@@H]2NC(=O)N(c3ccccc3)C2=O)c(OC)c1. The molecule has 0 bridgehead atoms. The quantitative estimate of drug-likeness (QED) is 0.722. The summed E-state index contributed by atoms with van der Waals surface area (Å²) in [4.78, 5) is 41.2. The molecule has 2 fully saturated rings. The minimum atomic E-state index is -0.876. The van der Waals surface area contributed by atoms with E-state index in [0.717, 1.165) is 23.3 Å². The highest BCUT2D eigenvalue weighted by atomic mass is 16.5. The van der Waals surface area contributed by atoms with Crippen LogP contribution < -0.4 is 19.7 Å². The molecule has 2 aliphatic heterocycles. The average Bonchev–Trinajstić information content (AvgIpc) is 3.38. The second-order valence-electron chi connectivity index (χ2n) is 7.57. The van der Waals surface area contributed by atoms with Crippen molar-refractivity contribution in [2.75, 3.05) is 25.7 Å². The zero-order chi connectivity index (χ0) is 22.0. The van der Waals surface area contributed by atoms with Crippen molar-refractivity contribution < 1.29 is 23.9 Å². The number of nitrogens with one attached hydrogen (secondary N) is 1. The Kier molecular flexibility index (Phi) is 5.79. The smallest absolute Gasteiger partial charge is 0.329 e. The summed E-state index contributed by atoms with van der Waals surface area (Å²) in [6, 6.07) is 12.7. The van der Waals surface area contributed by atoms with Crippen LogP contribution >= 0.6 is 0 Å². The number of nitrogens with zero attached hydrogens (tertiary/aromatic N) is 2. The van der Waals surface area contributed by atoms with Gasteiger partial charge in [-0.2, -0.15) is 0 Å². The first kappa shape index (κ1) is 20.7. The minimum absolute atomic E-state index is 0.0805. The first-order valence-electron chi connectivity index (χ1n) is 10.2. The topological polar surface area (TPSA) is 88.2 Å². The molecule has 0 unspecified atom stereocenters. The molecule has 0 aliphatic carbocycles. The molecule has 1 N–H and O–H groups in total. The number of para-hydroxylation sites is 1. The van der Waals surface area contributed by atoms with Gasteiger partial charge in [-0.3, -0.25) is 9.59 Å². The maximum absolute atomic E-state index is 13.1. The summed E-state index contributed by atoms with van der Waals surface area (Å²) in [6.07, 6.45) is 1.57. The van der Waals surface area contributed by atoms with Crippen LogP contribution in [0.2, 0.25) is 0 Å². The molecule has 0 spiro atoms. The number of urea groups is 1. The number of methoxy groups -OCH3 is 2. The Balaban J connectivity index is 1.50. The standard InChI is InChI=1S/C23H25N3O5/c1-30-16-10-11-17(20(13-16)31-2)19-9-6-12-25(19)21(27)14-18-22(28)26(23(29)24-18)15-7-4-3-5-8-15/h3-5,7-8,10-11,13,18-19H,6,9,12,14H2,1-2H3,(H,24,29)/t18-,19+/m0/s1. The van der Waals surface area contributed by atoms with Gasteiger partial charge in [0.1, 0.15) is 17.5 Å². The number of ether oxygens (including phenoxy) is 2. The van der Waals surface area contributed by atoms with Crippen LogP contribution in [-0.4, -0.2) is 49.6 Å². The van der Waals surface area contributed by atoms with Gasteiger partial charge in [0.25, 0.3) is 5.91 Å². The van der Waals surface area contributed by atoms with Gasteiger partial charge in [-0.25, -0.2) is 9.69 Å². The number of likely N-dealkylation sites (tertiary alicyclic amines) is 1. The van der Waals surface area contributed by atoms with Crippen molar-refractivity contribution in [3.8, 4) is 11.5 Å². The Morgan fingerprint density at radius 2 is 1.87 bits per heavy atom. The van der Waals surface area contributed by atoms with E-state index >= 15 is 0 Å². The van der Waals surface area contributed by atoms with Gasteiger partial charge < -0.3 is 19.7 Å². The number of imide groups is 1. The Morgan fingerprint density at radius 3 is 2.58 bits per heavy atom. The largest absolute Gasteiger partial charge is 0.497 e. The summed E-state index contributed by atoms with van der Waals surface area (Å²) >= 11 is 0. The van der Waals surface area contributed by atoms with E-state index in [0.29, 0.717) is 23.7 Å². The maximum atomic E-state index is 13.1. The number of carbonyl (C=O) groups excluding carboxylic acids is 3. The molecule has 2 aromatic carbocycles. The second-order valence-corrected chi connectivity index (χ2v) is 7.57. The summed E-state index contributed by atoms with van der Waals surface area (Å²) in [5.74, 6) is 0.748. The molecule has 0 saturated carbocycles. The summed E-state index contributed by atoms with van der Waals surface area (Å²) < 4.78 is 10.8. The van der Waals surface area contributed by atoms with Crippen molar-refractivity contribution >= 4 is 23.5 Å². The molecule has 2 saturated heterocycles. The lowest BCUT2D eigenvalue weighted by Crippen LogP contribution is -2.39. The first-order valence-corrected chi connectivity index (χ1v) is 10.2. The lowest BCUT2D eigenvalue weighted by molar-refractivity contribution is -0.134. The highest BCUT2D eigenvalue weighted by Crippen LogP contribution is 2.39. The second kappa shape index (κ2) is 8.67. The Bertz CT molecular complexity index is 994. The van der Waals surface area contributed by atoms with Crippen molar-refractivity contribution in [2.24, 2.45) is 0 Å². The fourth-order valence-electron chi connectivity index (χ4n) is 4.27. The number of amides is 4. The molecular formula is C23H25N3O5. The van der Waals surface area contributed by atoms with Crippen molar-refractivity contribution in [1.29, 1.82) is 0 Å². The van der Waals surface area contributed by atoms with E-state index in [1.54, 1.807) is 49.5 Å². The third kappa shape index (κ3) is 3.93. The third-order valence-electron chi connectivity index (χ3n) is 5.79. The van der Waals surface area contributed by atoms with Crippen LogP contribution in [-0.2, 0) is 9.59 Å². The highest BCUT2D eigenvalue weighted by Gasteiger charge is 2.42. The lowest BCUT2D eigenvalue weighted by Gasteiger charge is -2.27. The molecule has 162 valence electrons. The first-order chi connectivity index (χ1) is 15.0. The van der Waals surface area contributed by atoms with E-state index in [1.165, 1.54) is 0 Å². The van der Waals surface area contributed by atoms with E-state index < -0.39 is 18.0 Å². The van der Waals surface area contributed by atoms with Gasteiger partial charge in [-0.1, -0.05) is 18.2 Å². The molecule has 4 amide bonds. The molecule has 2 aliphatic rings. The molecule has 0 radical (unpaired) electrons. The van der Waals surface area contributed by atoms with Crippen molar-refractivity contribution in [2.45, 2.75) is 31.3 Å². The number of carbonyl (C=O) groups is 3. The molecule has 31 heavy (non-hydrogen) atoms. The van der Waals surface area contributed by atoms with E-state index in [-0.39, 0.29) is 18.4 Å². The van der Waals surface area contributed by atoms with Crippen LogP contribution in [0.1, 0.15) is 30.9 Å². The van der Waals surface area contributed by atoms with Gasteiger partial charge in [0.2, 0.25) is 5.91 Å². The van der Waals surface area contributed by atoms with Crippen LogP contribution in [0, 0.1) is 0 Å². The predicted octanol–water partition coefficient (Wildman–Crippen LogP) is 2.88. The van der Waals surface area contributed by atoms with E-state index in [1.807, 2.05) is 18.2 Å². The van der Waals surface area contributed by atoms with Gasteiger partial charge in [0.05, 0.1) is 32.4 Å². The van der Waals surface area contributed by atoms with Crippen LogP contribution in [0.3, 0.4) is 0 Å². The van der Waals surface area contributed by atoms with Crippen LogP contribution in [0.25, 0.3) is 0 Å². The van der Waals surface area contributed by atoms with E-state index in [9.17, 15) is 14.4 Å². The molecule has 2 heterocycles. The molecule has 8 nitrogen and oxygen atoms in total. The highest BCUT2D eigenvalue weighted by molar-refractivity contribution is 6.22. The van der Waals surface area contributed by atoms with E-state index in [2.05, 4.69) is 5.32 Å². The minimum Gasteiger partial charge on any atom is -0.497 e. The van der Waals surface area contributed by atoms with Gasteiger partial charge in [-0.15, -0.1) is 0 Å². The van der Waals surface area contributed by atoms with Crippen molar-refractivity contribution in [3.05, 3.63) is 54.1 Å². The van der Waals surface area contributed by atoms with Crippen molar-refractivity contribution in [3.63, 3.8) is 0 Å². The fourth-order valence-corrected chi connectivity index (χ4v) is 4.27. The number of rotatable bonds is 6. The normalized spacial score (nSPS) is 20.7. The molecular weight excluding hydrogens is 398 g/mol. The Morgan fingerprint density at radius 1 is 1.10 bits per heavy atom. The van der Waals surface area contributed by atoms with Crippen LogP contribution in [0.15, 0.2) is 48.5 Å². The average molecular weight is 423 g/mol. The summed E-state index contributed by atoms with van der Waals surface area (Å²) in [5.41, 5.74) is 1.39. The maximum Gasteiger partial charge on any atom is 0.329 e. The van der Waals surface area contributed by atoms with Gasteiger partial charge in [-0.05, 0) is 37.1 Å². The van der Waals surface area contributed by atoms with E-state index in [4.69, 9.17) is 9.47 Å². The number of hydrogen-bond acceptors (Lipinski definition) is 5. The predicted molar refractivity (Wildman–Crippen MR) is 114 cm³/mol. The molecule has 2 atom stereocenters. The summed E-state index contributed by atoms with van der Waals surface area (Å²) in [7, 11) is 3.18. The van der Waals surface area contributed by atoms with Gasteiger partial charge in [0, 0.05) is 18.2 Å². The molecule has 8 heteroatoms. The fraction of sp³-hybridized carbons (Fsp3) is 0.348. The lowest BCUT2D eigenvalue weighted by atomic mass is 10.0. The third-order valence-corrected chi connectivity index (χ3v) is 5.79. The molecule has 4 rings (SSSR count). The number of hydrogen-bond donors (Lipinski definition) is 1. The van der Waals surface area contributed by atoms with Crippen LogP contribution in [0.5, 0.6) is 11.5 Å². The number of anilines is 1. The number of benzene rings is 2. The van der Waals surface area contributed by atoms with Gasteiger partial charge in [0.15, 0.2) is 0 Å². The summed E-state index contributed by atoms with van der Waals surface area (Å²) in [5, 5.41) is 2.65. The van der Waals surface area contributed by atoms with Crippen LogP contribution in [0.4, 0.5) is 10.5 Å². The monoisotopic (exact) mass is 423 g/mol. The zero-order valence-corrected chi connectivity index (χ0v) is 17.5. The molecule has 0 aromatic heterocycles. The Hall–Kier alpha value is -3.55. The zero-order valence-electron chi connectivity index (χ0n) is 17.5. The van der Waals surface area contributed by atoms with Gasteiger partial charge >= 0.3 is 6.03 Å². The van der Waals surface area contributed by atoms with Crippen molar-refractivity contribution in [1.82, 2.24) is 10.2 Å². The molecule has 2 aromatic rings.